The van der Waals surface area contributed by atoms with Crippen LogP contribution in [-0.2, 0) is 27.2 Å². The third-order valence-corrected chi connectivity index (χ3v) is 6.16. The van der Waals surface area contributed by atoms with Gasteiger partial charge in [-0.05, 0) is 41.7 Å². The summed E-state index contributed by atoms with van der Waals surface area (Å²) in [6.45, 7) is 0. The number of methoxy groups -OCH3 is 1. The molecule has 1 amide bonds. The number of H-pyrrole nitrogens is 1. The number of esters is 1. The Labute approximate surface area is 185 Å². The predicted octanol–water partition coefficient (Wildman–Crippen LogP) is 1.92. The number of nitrogens with zero attached hydrogens (tertiary/aromatic N) is 1. The van der Waals surface area contributed by atoms with Crippen molar-refractivity contribution >= 4 is 38.8 Å². The highest BCUT2D eigenvalue weighted by Crippen LogP contribution is 2.38. The zero-order chi connectivity index (χ0) is 22.3. The minimum absolute atomic E-state index is 0.109. The Morgan fingerprint density at radius 3 is 2.61 bits per heavy atom. The van der Waals surface area contributed by atoms with Crippen LogP contribution in [0.25, 0.3) is 11.0 Å². The SMILES string of the molecule is COC(=O)Cc1ccc(C(C(N)=O)C2CCc3cc(Br)cc4[nH]c(=O)c(=O)n2c34)cc1. The first-order valence-electron chi connectivity index (χ1n) is 9.72. The quantitative estimate of drug-likeness (QED) is 0.421. The van der Waals surface area contributed by atoms with E-state index in [2.05, 4.69) is 25.7 Å². The molecule has 1 aliphatic rings. The number of aromatic nitrogens is 2. The molecule has 3 N–H and O–H groups in total. The molecule has 3 aromatic rings. The van der Waals surface area contributed by atoms with Crippen molar-refractivity contribution in [2.24, 2.45) is 5.73 Å². The summed E-state index contributed by atoms with van der Waals surface area (Å²) in [4.78, 5) is 51.9. The summed E-state index contributed by atoms with van der Waals surface area (Å²) in [5, 5.41) is 0. The van der Waals surface area contributed by atoms with E-state index in [1.807, 2.05) is 6.07 Å². The van der Waals surface area contributed by atoms with Gasteiger partial charge in [-0.2, -0.15) is 0 Å². The number of nitrogens with two attached hydrogens (primary N) is 1. The van der Waals surface area contributed by atoms with Crippen LogP contribution in [0.15, 0.2) is 50.5 Å². The number of hydrogen-bond acceptors (Lipinski definition) is 5. The highest BCUT2D eigenvalue weighted by molar-refractivity contribution is 9.10. The smallest absolute Gasteiger partial charge is 0.317 e. The molecule has 2 atom stereocenters. The Bertz CT molecular complexity index is 1310. The molecule has 0 saturated heterocycles. The van der Waals surface area contributed by atoms with E-state index < -0.39 is 29.0 Å². The minimum Gasteiger partial charge on any atom is -0.469 e. The molecule has 31 heavy (non-hydrogen) atoms. The van der Waals surface area contributed by atoms with Crippen LogP contribution in [0.2, 0.25) is 0 Å². The van der Waals surface area contributed by atoms with Crippen molar-refractivity contribution in [1.29, 1.82) is 0 Å². The molecule has 0 saturated carbocycles. The van der Waals surface area contributed by atoms with Gasteiger partial charge in [-0.1, -0.05) is 40.2 Å². The van der Waals surface area contributed by atoms with E-state index in [4.69, 9.17) is 5.73 Å². The average molecular weight is 486 g/mol. The van der Waals surface area contributed by atoms with Crippen molar-refractivity contribution in [3.63, 3.8) is 0 Å². The summed E-state index contributed by atoms with van der Waals surface area (Å²) in [5.74, 6) is -1.77. The van der Waals surface area contributed by atoms with Crippen molar-refractivity contribution < 1.29 is 14.3 Å². The molecule has 160 valence electrons. The van der Waals surface area contributed by atoms with Gasteiger partial charge < -0.3 is 15.5 Å². The van der Waals surface area contributed by atoms with E-state index >= 15 is 0 Å². The first-order chi connectivity index (χ1) is 14.8. The van der Waals surface area contributed by atoms with Crippen molar-refractivity contribution in [3.8, 4) is 0 Å². The van der Waals surface area contributed by atoms with Crippen LogP contribution in [-0.4, -0.2) is 28.5 Å². The van der Waals surface area contributed by atoms with Crippen LogP contribution < -0.4 is 16.9 Å². The molecule has 0 radical (unpaired) electrons. The summed E-state index contributed by atoms with van der Waals surface area (Å²) in [7, 11) is 1.32. The lowest BCUT2D eigenvalue weighted by Gasteiger charge is -2.32. The zero-order valence-electron chi connectivity index (χ0n) is 16.7. The van der Waals surface area contributed by atoms with Crippen molar-refractivity contribution in [3.05, 3.63) is 78.3 Å². The van der Waals surface area contributed by atoms with Gasteiger partial charge in [-0.15, -0.1) is 0 Å². The highest BCUT2D eigenvalue weighted by atomic mass is 79.9. The number of carbonyl (C=O) groups is 2. The number of halogens is 1. The van der Waals surface area contributed by atoms with Crippen LogP contribution in [0.4, 0.5) is 0 Å². The van der Waals surface area contributed by atoms with Gasteiger partial charge in [0.1, 0.15) is 0 Å². The van der Waals surface area contributed by atoms with Gasteiger partial charge in [0.15, 0.2) is 0 Å². The van der Waals surface area contributed by atoms with E-state index in [-0.39, 0.29) is 12.4 Å². The highest BCUT2D eigenvalue weighted by Gasteiger charge is 2.35. The molecule has 0 spiro atoms. The predicted molar refractivity (Wildman–Crippen MR) is 118 cm³/mol. The third-order valence-electron chi connectivity index (χ3n) is 5.70. The van der Waals surface area contributed by atoms with Crippen LogP contribution in [0.5, 0.6) is 0 Å². The Balaban J connectivity index is 1.84. The normalized spacial score (nSPS) is 16.1. The maximum Gasteiger partial charge on any atom is 0.317 e. The number of aryl methyl sites for hydroxylation is 1. The largest absolute Gasteiger partial charge is 0.469 e. The Morgan fingerprint density at radius 1 is 1.26 bits per heavy atom. The fourth-order valence-electron chi connectivity index (χ4n) is 4.34. The second-order valence-corrected chi connectivity index (χ2v) is 8.49. The lowest BCUT2D eigenvalue weighted by molar-refractivity contribution is -0.139. The molecule has 1 aliphatic heterocycles. The maximum absolute atomic E-state index is 12.9. The lowest BCUT2D eigenvalue weighted by atomic mass is 9.84. The van der Waals surface area contributed by atoms with Crippen LogP contribution in [0, 0.1) is 0 Å². The van der Waals surface area contributed by atoms with Gasteiger partial charge in [0, 0.05) is 4.47 Å². The number of amides is 1. The van der Waals surface area contributed by atoms with E-state index in [0.717, 1.165) is 15.6 Å². The monoisotopic (exact) mass is 485 g/mol. The summed E-state index contributed by atoms with van der Waals surface area (Å²) >= 11 is 3.43. The van der Waals surface area contributed by atoms with Crippen LogP contribution >= 0.6 is 15.9 Å². The van der Waals surface area contributed by atoms with E-state index in [0.29, 0.717) is 29.4 Å². The van der Waals surface area contributed by atoms with Crippen LogP contribution in [0.1, 0.15) is 35.1 Å². The van der Waals surface area contributed by atoms with E-state index in [1.54, 1.807) is 30.3 Å². The molecular formula is C22H20BrN3O5. The number of rotatable bonds is 5. The van der Waals surface area contributed by atoms with Gasteiger partial charge in [0.2, 0.25) is 5.91 Å². The Kier molecular flexibility index (Phi) is 5.53. The molecule has 1 aromatic heterocycles. The molecule has 9 heteroatoms. The number of nitrogens with one attached hydrogen (secondary N) is 1. The maximum atomic E-state index is 12.9. The number of aromatic amines is 1. The van der Waals surface area contributed by atoms with Gasteiger partial charge in [-0.3, -0.25) is 23.7 Å². The van der Waals surface area contributed by atoms with Crippen molar-refractivity contribution in [2.45, 2.75) is 31.2 Å². The van der Waals surface area contributed by atoms with E-state index in [9.17, 15) is 19.2 Å². The number of carbonyl (C=O) groups excluding carboxylic acids is 2. The number of benzene rings is 2. The van der Waals surface area contributed by atoms with Gasteiger partial charge in [0.05, 0.1) is 36.5 Å². The van der Waals surface area contributed by atoms with Gasteiger partial charge in [0.25, 0.3) is 0 Å². The van der Waals surface area contributed by atoms with Gasteiger partial charge >= 0.3 is 17.1 Å². The summed E-state index contributed by atoms with van der Waals surface area (Å²) in [6, 6.07) is 9.95. The van der Waals surface area contributed by atoms with Crippen molar-refractivity contribution in [1.82, 2.24) is 9.55 Å². The molecule has 2 aromatic carbocycles. The third kappa shape index (κ3) is 3.81. The molecule has 0 fully saturated rings. The van der Waals surface area contributed by atoms with Gasteiger partial charge in [-0.25, -0.2) is 0 Å². The Hall–Kier alpha value is -3.20. The molecule has 8 nitrogen and oxygen atoms in total. The topological polar surface area (TPSA) is 124 Å². The molecular weight excluding hydrogens is 466 g/mol. The minimum atomic E-state index is -0.813. The average Bonchev–Trinajstić information content (AvgIpc) is 2.73. The number of ether oxygens (including phenoxy) is 1. The number of hydrogen-bond donors (Lipinski definition) is 2. The standard InChI is InChI=1S/C22H20BrN3O5/c1-31-17(27)8-11-2-4-12(5-3-11)18(20(24)28)16-7-6-13-9-14(23)10-15-19(13)26(16)22(30)21(29)25-15/h2-5,9-10,16,18H,6-8H2,1H3,(H2,24,28)(H,25,29). The first-order valence-corrected chi connectivity index (χ1v) is 10.5. The molecule has 2 unspecified atom stereocenters. The first kappa shape index (κ1) is 21.0. The molecule has 0 bridgehead atoms. The fraction of sp³-hybridized carbons (Fsp3) is 0.273. The fourth-order valence-corrected chi connectivity index (χ4v) is 4.84. The second-order valence-electron chi connectivity index (χ2n) is 7.57. The lowest BCUT2D eigenvalue weighted by Crippen LogP contribution is -2.43. The molecule has 4 rings (SSSR count). The Morgan fingerprint density at radius 2 is 1.97 bits per heavy atom. The van der Waals surface area contributed by atoms with Crippen molar-refractivity contribution in [2.75, 3.05) is 7.11 Å². The van der Waals surface area contributed by atoms with E-state index in [1.165, 1.54) is 11.7 Å². The molecule has 2 heterocycles. The zero-order valence-corrected chi connectivity index (χ0v) is 18.3. The molecule has 0 aliphatic carbocycles. The summed E-state index contributed by atoms with van der Waals surface area (Å²) in [5.41, 5.74) is 7.70. The van der Waals surface area contributed by atoms with Crippen LogP contribution in [0.3, 0.4) is 0 Å². The second kappa shape index (κ2) is 8.14. The summed E-state index contributed by atoms with van der Waals surface area (Å²) in [6.07, 6.45) is 1.20. The summed E-state index contributed by atoms with van der Waals surface area (Å²) < 4.78 is 6.88. The number of primary amides is 1.